The largest absolute Gasteiger partial charge is 0.483 e. The summed E-state index contributed by atoms with van der Waals surface area (Å²) >= 11 is 0. The molecule has 1 saturated heterocycles. The molecule has 0 saturated carbocycles. The van der Waals surface area contributed by atoms with E-state index in [0.29, 0.717) is 30.0 Å². The van der Waals surface area contributed by atoms with Crippen molar-refractivity contribution in [1.82, 2.24) is 4.90 Å². The number of amides is 1. The number of carbonyl (C=O) groups is 1. The third-order valence-electron chi connectivity index (χ3n) is 6.32. The van der Waals surface area contributed by atoms with Gasteiger partial charge in [-0.25, -0.2) is 9.18 Å². The lowest BCUT2D eigenvalue weighted by Gasteiger charge is -2.38. The Morgan fingerprint density at radius 1 is 1.16 bits per heavy atom. The molecule has 0 bridgehead atoms. The number of benzene rings is 2. The van der Waals surface area contributed by atoms with Crippen LogP contribution in [0.1, 0.15) is 28.7 Å². The predicted molar refractivity (Wildman–Crippen MR) is 116 cm³/mol. The maximum absolute atomic E-state index is 13.7. The Hall–Kier alpha value is -3.19. The number of hydrogen-bond acceptors (Lipinski definition) is 5. The van der Waals surface area contributed by atoms with Crippen LogP contribution >= 0.6 is 0 Å². The lowest BCUT2D eigenvalue weighted by Crippen LogP contribution is -2.55. The standard InChI is InChI=1S/C25H24FNO5/c1-15-22(10-9-19-18-6-4-7-20(18)25(29)32-24(15)19)31-14-23(28)27-11-17(12-27)30-13-16-5-2-3-8-21(16)26/h2-3,5,8-10,17H,4,6-7,11-14H2,1H3. The second kappa shape index (κ2) is 8.39. The second-order valence-corrected chi connectivity index (χ2v) is 8.38. The molecule has 2 aromatic carbocycles. The highest BCUT2D eigenvalue weighted by molar-refractivity contribution is 5.86. The Morgan fingerprint density at radius 2 is 1.94 bits per heavy atom. The van der Waals surface area contributed by atoms with E-state index in [1.807, 2.05) is 19.1 Å². The van der Waals surface area contributed by atoms with Gasteiger partial charge in [0.05, 0.1) is 12.7 Å². The highest BCUT2D eigenvalue weighted by atomic mass is 19.1. The van der Waals surface area contributed by atoms with E-state index in [2.05, 4.69) is 0 Å². The number of hydrogen-bond donors (Lipinski definition) is 0. The average Bonchev–Trinajstić information content (AvgIpc) is 3.25. The van der Waals surface area contributed by atoms with Crippen molar-refractivity contribution in [3.63, 3.8) is 0 Å². The minimum Gasteiger partial charge on any atom is -0.483 e. The molecule has 3 aromatic rings. The number of fused-ring (bicyclic) bond motifs is 3. The Labute approximate surface area is 184 Å². The molecule has 1 amide bonds. The molecule has 7 heteroatoms. The fourth-order valence-electron chi connectivity index (χ4n) is 4.42. The lowest BCUT2D eigenvalue weighted by molar-refractivity contribution is -0.148. The van der Waals surface area contributed by atoms with E-state index in [0.717, 1.165) is 41.3 Å². The van der Waals surface area contributed by atoms with Crippen molar-refractivity contribution in [3.8, 4) is 5.75 Å². The van der Waals surface area contributed by atoms with E-state index < -0.39 is 0 Å². The van der Waals surface area contributed by atoms with Gasteiger partial charge < -0.3 is 18.8 Å². The van der Waals surface area contributed by atoms with Gasteiger partial charge in [-0.15, -0.1) is 0 Å². The van der Waals surface area contributed by atoms with Crippen LogP contribution in [0.4, 0.5) is 4.39 Å². The summed E-state index contributed by atoms with van der Waals surface area (Å²) in [5.74, 6) is 0.0881. The molecule has 0 atom stereocenters. The molecule has 2 aliphatic rings. The molecule has 0 radical (unpaired) electrons. The van der Waals surface area contributed by atoms with Crippen LogP contribution in [0.5, 0.6) is 5.75 Å². The van der Waals surface area contributed by atoms with Crippen molar-refractivity contribution in [2.45, 2.75) is 38.9 Å². The molecule has 166 valence electrons. The van der Waals surface area contributed by atoms with Crippen molar-refractivity contribution in [1.29, 1.82) is 0 Å². The van der Waals surface area contributed by atoms with Crippen molar-refractivity contribution >= 4 is 16.9 Å². The van der Waals surface area contributed by atoms with Gasteiger partial charge in [0, 0.05) is 35.2 Å². The smallest absolute Gasteiger partial charge is 0.339 e. The van der Waals surface area contributed by atoms with E-state index in [9.17, 15) is 14.0 Å². The van der Waals surface area contributed by atoms with Gasteiger partial charge in [0.2, 0.25) is 0 Å². The summed E-state index contributed by atoms with van der Waals surface area (Å²) < 4.78 is 30.7. The van der Waals surface area contributed by atoms with Crippen molar-refractivity contribution in [3.05, 3.63) is 74.9 Å². The average molecular weight is 437 g/mol. The molecule has 1 aliphatic carbocycles. The summed E-state index contributed by atoms with van der Waals surface area (Å²) in [6.45, 7) is 2.81. The summed E-state index contributed by atoms with van der Waals surface area (Å²) in [4.78, 5) is 26.4. The molecule has 0 unspecified atom stereocenters. The van der Waals surface area contributed by atoms with Gasteiger partial charge in [0.1, 0.15) is 17.1 Å². The van der Waals surface area contributed by atoms with Crippen LogP contribution in [0.2, 0.25) is 0 Å². The maximum Gasteiger partial charge on any atom is 0.339 e. The zero-order valence-electron chi connectivity index (χ0n) is 17.9. The van der Waals surface area contributed by atoms with Crippen LogP contribution < -0.4 is 10.4 Å². The quantitative estimate of drug-likeness (QED) is 0.552. The zero-order valence-corrected chi connectivity index (χ0v) is 17.9. The first kappa shape index (κ1) is 20.7. The fourth-order valence-corrected chi connectivity index (χ4v) is 4.42. The van der Waals surface area contributed by atoms with Crippen LogP contribution in [-0.2, 0) is 29.0 Å². The number of likely N-dealkylation sites (tertiary alicyclic amines) is 1. The highest BCUT2D eigenvalue weighted by Crippen LogP contribution is 2.33. The number of aryl methyl sites for hydroxylation is 2. The number of carbonyl (C=O) groups excluding carboxylic acids is 1. The molecule has 1 fully saturated rings. The normalized spacial score (nSPS) is 15.6. The van der Waals surface area contributed by atoms with Crippen molar-refractivity contribution in [2.75, 3.05) is 19.7 Å². The second-order valence-electron chi connectivity index (χ2n) is 8.38. The molecule has 0 N–H and O–H groups in total. The van der Waals surface area contributed by atoms with E-state index in [4.69, 9.17) is 13.9 Å². The van der Waals surface area contributed by atoms with Crippen LogP contribution in [0, 0.1) is 12.7 Å². The van der Waals surface area contributed by atoms with Crippen LogP contribution in [0.25, 0.3) is 11.0 Å². The van der Waals surface area contributed by atoms with Gasteiger partial charge >= 0.3 is 5.63 Å². The topological polar surface area (TPSA) is 69.0 Å². The molecule has 5 rings (SSSR count). The van der Waals surface area contributed by atoms with Gasteiger partial charge in [0.25, 0.3) is 5.91 Å². The SMILES string of the molecule is Cc1c(OCC(=O)N2CC(OCc3ccccc3F)C2)ccc2c3c(c(=O)oc12)CCC3. The fraction of sp³-hybridized carbons (Fsp3) is 0.360. The Morgan fingerprint density at radius 3 is 2.75 bits per heavy atom. The number of ether oxygens (including phenoxy) is 2. The van der Waals surface area contributed by atoms with E-state index >= 15 is 0 Å². The van der Waals surface area contributed by atoms with Gasteiger partial charge in [0.15, 0.2) is 6.61 Å². The monoisotopic (exact) mass is 437 g/mol. The summed E-state index contributed by atoms with van der Waals surface area (Å²) in [5, 5.41) is 0.950. The summed E-state index contributed by atoms with van der Waals surface area (Å²) in [6, 6.07) is 10.2. The van der Waals surface area contributed by atoms with Crippen LogP contribution in [0.3, 0.4) is 0 Å². The minimum atomic E-state index is -0.292. The van der Waals surface area contributed by atoms with E-state index in [1.54, 1.807) is 23.1 Å². The van der Waals surface area contributed by atoms with Crippen molar-refractivity contribution in [2.24, 2.45) is 0 Å². The first-order valence-electron chi connectivity index (χ1n) is 10.8. The first-order valence-corrected chi connectivity index (χ1v) is 10.8. The summed E-state index contributed by atoms with van der Waals surface area (Å²) in [5.41, 5.74) is 3.34. The van der Waals surface area contributed by atoms with Gasteiger partial charge in [-0.05, 0) is 49.9 Å². The molecule has 1 aliphatic heterocycles. The Balaban J connectivity index is 1.17. The molecular formula is C25H24FNO5. The number of rotatable bonds is 6. The molecular weight excluding hydrogens is 413 g/mol. The summed E-state index contributed by atoms with van der Waals surface area (Å²) in [7, 11) is 0. The highest BCUT2D eigenvalue weighted by Gasteiger charge is 2.31. The third-order valence-corrected chi connectivity index (χ3v) is 6.32. The molecule has 0 spiro atoms. The van der Waals surface area contributed by atoms with E-state index in [-0.39, 0.29) is 36.7 Å². The van der Waals surface area contributed by atoms with Crippen LogP contribution in [0.15, 0.2) is 45.6 Å². The van der Waals surface area contributed by atoms with Gasteiger partial charge in [-0.1, -0.05) is 18.2 Å². The molecule has 32 heavy (non-hydrogen) atoms. The predicted octanol–water partition coefficient (Wildman–Crippen LogP) is 3.54. The maximum atomic E-state index is 13.7. The number of halogens is 1. The van der Waals surface area contributed by atoms with Crippen LogP contribution in [-0.4, -0.2) is 36.6 Å². The molecule has 6 nitrogen and oxygen atoms in total. The molecule has 1 aromatic heterocycles. The number of nitrogens with zero attached hydrogens (tertiary/aromatic N) is 1. The minimum absolute atomic E-state index is 0.110. The zero-order chi connectivity index (χ0) is 22.2. The third kappa shape index (κ3) is 3.77. The van der Waals surface area contributed by atoms with E-state index in [1.165, 1.54) is 6.07 Å². The molecule has 2 heterocycles. The van der Waals surface area contributed by atoms with Gasteiger partial charge in [-0.3, -0.25) is 4.79 Å². The lowest BCUT2D eigenvalue weighted by atomic mass is 10.0. The van der Waals surface area contributed by atoms with Gasteiger partial charge in [-0.2, -0.15) is 0 Å². The Bertz CT molecular complexity index is 1250. The summed E-state index contributed by atoms with van der Waals surface area (Å²) in [6.07, 6.45) is 2.49. The Kier molecular flexibility index (Phi) is 5.43. The first-order chi connectivity index (χ1) is 15.5. The van der Waals surface area contributed by atoms with Crippen molar-refractivity contribution < 1.29 is 23.1 Å².